The molecule has 1 aromatic carbocycles. The van der Waals surface area contributed by atoms with Gasteiger partial charge in [-0.25, -0.2) is 4.39 Å². The van der Waals surface area contributed by atoms with Crippen molar-refractivity contribution in [2.24, 2.45) is 17.4 Å². The molecule has 0 aliphatic carbocycles. The fourth-order valence-electron chi connectivity index (χ4n) is 1.99. The molecule has 18 heavy (non-hydrogen) atoms. The Hall–Kier alpha value is -1.33. The second-order valence-electron chi connectivity index (χ2n) is 4.46. The molecule has 4 nitrogen and oxygen atoms in total. The van der Waals surface area contributed by atoms with Crippen LogP contribution in [0.15, 0.2) is 12.1 Å². The van der Waals surface area contributed by atoms with Crippen LogP contribution in [0.3, 0.4) is 0 Å². The smallest absolute Gasteiger partial charge is 0.164 e. The van der Waals surface area contributed by atoms with Crippen molar-refractivity contribution in [1.82, 2.24) is 0 Å². The summed E-state index contributed by atoms with van der Waals surface area (Å²) in [6, 6.07) is 3.11. The summed E-state index contributed by atoms with van der Waals surface area (Å²) < 4.78 is 24.6. The molecule has 1 heterocycles. The van der Waals surface area contributed by atoms with Crippen LogP contribution < -0.4 is 20.9 Å². The summed E-state index contributed by atoms with van der Waals surface area (Å²) in [4.78, 5) is 0. The highest BCUT2D eigenvalue weighted by Crippen LogP contribution is 2.33. The number of nitrogens with two attached hydrogens (primary N) is 2. The van der Waals surface area contributed by atoms with Gasteiger partial charge in [0.2, 0.25) is 0 Å². The zero-order valence-corrected chi connectivity index (χ0v) is 10.3. The molecule has 1 aromatic rings. The minimum Gasteiger partial charge on any atom is -0.486 e. The molecule has 0 saturated carbocycles. The van der Waals surface area contributed by atoms with Crippen LogP contribution in [0.25, 0.3) is 0 Å². The maximum atomic E-state index is 13.8. The summed E-state index contributed by atoms with van der Waals surface area (Å²) in [5, 5.41) is 0. The van der Waals surface area contributed by atoms with Gasteiger partial charge in [-0.15, -0.1) is 0 Å². The monoisotopic (exact) mass is 254 g/mol. The predicted octanol–water partition coefficient (Wildman–Crippen LogP) is 1.06. The summed E-state index contributed by atoms with van der Waals surface area (Å²) in [6.45, 7) is 2.03. The number of halogens is 1. The van der Waals surface area contributed by atoms with E-state index in [1.54, 1.807) is 6.07 Å². The number of aryl methyl sites for hydroxylation is 1. The Balaban J connectivity index is 2.08. The quantitative estimate of drug-likeness (QED) is 0.824. The number of ether oxygens (including phenoxy) is 2. The van der Waals surface area contributed by atoms with Crippen molar-refractivity contribution in [1.29, 1.82) is 0 Å². The van der Waals surface area contributed by atoms with Crippen LogP contribution in [0.5, 0.6) is 11.5 Å². The van der Waals surface area contributed by atoms with E-state index in [4.69, 9.17) is 20.9 Å². The molecule has 0 spiro atoms. The van der Waals surface area contributed by atoms with Gasteiger partial charge in [0.05, 0.1) is 0 Å². The minimum atomic E-state index is -0.257. The van der Waals surface area contributed by atoms with Crippen molar-refractivity contribution in [3.8, 4) is 11.5 Å². The molecule has 1 aliphatic heterocycles. The van der Waals surface area contributed by atoms with Gasteiger partial charge >= 0.3 is 0 Å². The summed E-state index contributed by atoms with van der Waals surface area (Å²) in [6.07, 6.45) is 1.39. The maximum Gasteiger partial charge on any atom is 0.164 e. The van der Waals surface area contributed by atoms with E-state index in [1.807, 2.05) is 0 Å². The molecule has 0 amide bonds. The first kappa shape index (κ1) is 13.1. The Morgan fingerprint density at radius 3 is 2.33 bits per heavy atom. The van der Waals surface area contributed by atoms with Crippen molar-refractivity contribution in [2.75, 3.05) is 26.3 Å². The van der Waals surface area contributed by atoms with Gasteiger partial charge in [-0.1, -0.05) is 0 Å². The van der Waals surface area contributed by atoms with E-state index in [1.165, 1.54) is 6.07 Å². The molecule has 1 aliphatic rings. The summed E-state index contributed by atoms with van der Waals surface area (Å²) in [5.74, 6) is 1.08. The SMILES string of the molecule is NCC(CN)CCc1cc2c(cc1F)OCCO2. The highest BCUT2D eigenvalue weighted by molar-refractivity contribution is 5.44. The lowest BCUT2D eigenvalue weighted by Crippen LogP contribution is -2.23. The van der Waals surface area contributed by atoms with Crippen LogP contribution in [0.1, 0.15) is 12.0 Å². The lowest BCUT2D eigenvalue weighted by molar-refractivity contribution is 0.170. The van der Waals surface area contributed by atoms with Crippen LogP contribution in [0.2, 0.25) is 0 Å². The molecule has 0 bridgehead atoms. The first-order valence-corrected chi connectivity index (χ1v) is 6.22. The average Bonchev–Trinajstić information content (AvgIpc) is 2.40. The molecule has 0 radical (unpaired) electrons. The molecular formula is C13H19FN2O2. The Kier molecular flexibility index (Phi) is 4.38. The van der Waals surface area contributed by atoms with Crippen molar-refractivity contribution in [3.05, 3.63) is 23.5 Å². The molecule has 2 rings (SSSR count). The van der Waals surface area contributed by atoms with Gasteiger partial charge in [0.25, 0.3) is 0 Å². The fourth-order valence-corrected chi connectivity index (χ4v) is 1.99. The summed E-state index contributed by atoms with van der Waals surface area (Å²) >= 11 is 0. The van der Waals surface area contributed by atoms with E-state index in [0.29, 0.717) is 49.8 Å². The van der Waals surface area contributed by atoms with Gasteiger partial charge in [-0.05, 0) is 43.5 Å². The van der Waals surface area contributed by atoms with Crippen LogP contribution in [-0.4, -0.2) is 26.3 Å². The normalized spacial score (nSPS) is 14.0. The van der Waals surface area contributed by atoms with Crippen molar-refractivity contribution in [3.63, 3.8) is 0 Å². The first-order chi connectivity index (χ1) is 8.74. The third-order valence-corrected chi connectivity index (χ3v) is 3.20. The molecule has 100 valence electrons. The van der Waals surface area contributed by atoms with Gasteiger partial charge in [-0.2, -0.15) is 0 Å². The van der Waals surface area contributed by atoms with E-state index >= 15 is 0 Å². The second kappa shape index (κ2) is 6.02. The number of fused-ring (bicyclic) bond motifs is 1. The summed E-state index contributed by atoms with van der Waals surface area (Å²) in [5.41, 5.74) is 11.8. The van der Waals surface area contributed by atoms with Gasteiger partial charge in [0.15, 0.2) is 11.5 Å². The zero-order chi connectivity index (χ0) is 13.0. The van der Waals surface area contributed by atoms with E-state index < -0.39 is 0 Å². The predicted molar refractivity (Wildman–Crippen MR) is 67.3 cm³/mol. The number of rotatable bonds is 5. The molecule has 4 N–H and O–H groups in total. The number of hydrogen-bond acceptors (Lipinski definition) is 4. The molecule has 0 unspecified atom stereocenters. The summed E-state index contributed by atoms with van der Waals surface area (Å²) in [7, 11) is 0. The van der Waals surface area contributed by atoms with Crippen molar-refractivity contribution < 1.29 is 13.9 Å². The largest absolute Gasteiger partial charge is 0.486 e. The van der Waals surface area contributed by atoms with Crippen LogP contribution in [-0.2, 0) is 6.42 Å². The lowest BCUT2D eigenvalue weighted by Gasteiger charge is -2.20. The lowest BCUT2D eigenvalue weighted by atomic mass is 9.99. The van der Waals surface area contributed by atoms with Gasteiger partial charge < -0.3 is 20.9 Å². The topological polar surface area (TPSA) is 70.5 Å². The number of benzene rings is 1. The third kappa shape index (κ3) is 2.91. The molecule has 0 saturated heterocycles. The highest BCUT2D eigenvalue weighted by Gasteiger charge is 2.16. The first-order valence-electron chi connectivity index (χ1n) is 6.22. The Bertz CT molecular complexity index is 408. The standard InChI is InChI=1S/C13H19FN2O2/c14-11-6-13-12(17-3-4-18-13)5-10(11)2-1-9(7-15)8-16/h5-6,9H,1-4,7-8,15-16H2. The molecule has 0 atom stereocenters. The zero-order valence-electron chi connectivity index (χ0n) is 10.3. The number of hydrogen-bond donors (Lipinski definition) is 2. The Morgan fingerprint density at radius 2 is 1.72 bits per heavy atom. The van der Waals surface area contributed by atoms with Gasteiger partial charge in [0.1, 0.15) is 19.0 Å². The molecular weight excluding hydrogens is 235 g/mol. The molecule has 0 fully saturated rings. The van der Waals surface area contributed by atoms with Gasteiger partial charge in [-0.3, -0.25) is 0 Å². The van der Waals surface area contributed by atoms with Crippen LogP contribution in [0.4, 0.5) is 4.39 Å². The average molecular weight is 254 g/mol. The van der Waals surface area contributed by atoms with E-state index in [0.717, 1.165) is 6.42 Å². The minimum absolute atomic E-state index is 0.234. The van der Waals surface area contributed by atoms with E-state index in [-0.39, 0.29) is 11.7 Å². The molecule has 0 aromatic heterocycles. The van der Waals surface area contributed by atoms with Crippen molar-refractivity contribution >= 4 is 0 Å². The third-order valence-electron chi connectivity index (χ3n) is 3.20. The van der Waals surface area contributed by atoms with E-state index in [2.05, 4.69) is 0 Å². The maximum absolute atomic E-state index is 13.8. The van der Waals surface area contributed by atoms with Crippen LogP contribution in [0, 0.1) is 11.7 Å². The second-order valence-corrected chi connectivity index (χ2v) is 4.46. The molecule has 5 heteroatoms. The Labute approximate surface area is 106 Å². The van der Waals surface area contributed by atoms with Crippen LogP contribution >= 0.6 is 0 Å². The van der Waals surface area contributed by atoms with E-state index in [9.17, 15) is 4.39 Å². The van der Waals surface area contributed by atoms with Gasteiger partial charge in [0, 0.05) is 6.07 Å². The fraction of sp³-hybridized carbons (Fsp3) is 0.538. The van der Waals surface area contributed by atoms with Crippen molar-refractivity contribution in [2.45, 2.75) is 12.8 Å². The highest BCUT2D eigenvalue weighted by atomic mass is 19.1. The Morgan fingerprint density at radius 1 is 1.11 bits per heavy atom.